The second-order valence-electron chi connectivity index (χ2n) is 6.43. The molecule has 0 aromatic heterocycles. The third-order valence-corrected chi connectivity index (χ3v) is 4.62. The van der Waals surface area contributed by atoms with E-state index >= 15 is 0 Å². The summed E-state index contributed by atoms with van der Waals surface area (Å²) in [5.74, 6) is 0.289. The molecule has 144 valence electrons. The fourth-order valence-corrected chi connectivity index (χ4v) is 2.93. The Morgan fingerprint density at radius 3 is 2.52 bits per heavy atom. The van der Waals surface area contributed by atoms with E-state index in [9.17, 15) is 9.59 Å². The molecule has 0 saturated carbocycles. The van der Waals surface area contributed by atoms with Crippen LogP contribution in [0, 0.1) is 6.92 Å². The highest BCUT2D eigenvalue weighted by atomic mass is 79.9. The van der Waals surface area contributed by atoms with Crippen molar-refractivity contribution in [2.45, 2.75) is 33.6 Å². The zero-order chi connectivity index (χ0) is 20.0. The summed E-state index contributed by atoms with van der Waals surface area (Å²) >= 11 is 3.48. The first-order chi connectivity index (χ1) is 12.8. The summed E-state index contributed by atoms with van der Waals surface area (Å²) in [5.41, 5.74) is 2.98. The van der Waals surface area contributed by atoms with Crippen molar-refractivity contribution in [2.24, 2.45) is 0 Å². The summed E-state index contributed by atoms with van der Waals surface area (Å²) in [6.07, 6.45) is 0. The number of amides is 1. The van der Waals surface area contributed by atoms with E-state index in [0.717, 1.165) is 10.0 Å². The van der Waals surface area contributed by atoms with Crippen LogP contribution in [-0.4, -0.2) is 25.1 Å². The van der Waals surface area contributed by atoms with E-state index in [1.807, 2.05) is 25.1 Å². The predicted molar refractivity (Wildman–Crippen MR) is 109 cm³/mol. The molecular weight excluding hydrogens is 410 g/mol. The molecule has 0 bridgehead atoms. The van der Waals surface area contributed by atoms with Crippen molar-refractivity contribution in [3.05, 3.63) is 57.6 Å². The molecule has 2 rings (SSSR count). The fourth-order valence-electron chi connectivity index (χ4n) is 2.42. The molecule has 0 radical (unpaired) electrons. The second-order valence-corrected chi connectivity index (χ2v) is 7.29. The molecule has 0 unspecified atom stereocenters. The smallest absolute Gasteiger partial charge is 0.338 e. The summed E-state index contributed by atoms with van der Waals surface area (Å²) < 4.78 is 11.4. The maximum absolute atomic E-state index is 12.3. The SMILES string of the molecule is CCOC(=O)c1ccc(C)c(NC(=O)COc2ccc(C(C)C)cc2Br)c1. The molecule has 0 atom stereocenters. The van der Waals surface area contributed by atoms with Crippen LogP contribution in [0.5, 0.6) is 5.75 Å². The number of ether oxygens (including phenoxy) is 2. The summed E-state index contributed by atoms with van der Waals surface area (Å²) in [4.78, 5) is 24.1. The maximum Gasteiger partial charge on any atom is 0.338 e. The van der Waals surface area contributed by atoms with Crippen molar-refractivity contribution in [2.75, 3.05) is 18.5 Å². The third-order valence-electron chi connectivity index (χ3n) is 4.00. The van der Waals surface area contributed by atoms with Gasteiger partial charge >= 0.3 is 5.97 Å². The topological polar surface area (TPSA) is 64.6 Å². The van der Waals surface area contributed by atoms with Gasteiger partial charge in [-0.05, 0) is 71.1 Å². The van der Waals surface area contributed by atoms with Gasteiger partial charge in [-0.2, -0.15) is 0 Å². The molecule has 0 aliphatic heterocycles. The summed E-state index contributed by atoms with van der Waals surface area (Å²) in [7, 11) is 0. The number of carbonyl (C=O) groups excluding carboxylic acids is 2. The monoisotopic (exact) mass is 433 g/mol. The second kappa shape index (κ2) is 9.55. The average molecular weight is 434 g/mol. The standard InChI is InChI=1S/C21H24BrNO4/c1-5-26-21(25)16-7-6-14(4)18(11-16)23-20(24)12-27-19-9-8-15(13(2)3)10-17(19)22/h6-11,13H,5,12H2,1-4H3,(H,23,24). The lowest BCUT2D eigenvalue weighted by Gasteiger charge is -2.13. The first kappa shape index (κ1) is 21.0. The molecule has 0 heterocycles. The van der Waals surface area contributed by atoms with Crippen LogP contribution in [0.3, 0.4) is 0 Å². The van der Waals surface area contributed by atoms with Crippen molar-refractivity contribution >= 4 is 33.5 Å². The Morgan fingerprint density at radius 1 is 1.15 bits per heavy atom. The lowest BCUT2D eigenvalue weighted by atomic mass is 10.0. The molecule has 0 aliphatic rings. The van der Waals surface area contributed by atoms with Crippen LogP contribution < -0.4 is 10.1 Å². The number of benzene rings is 2. The van der Waals surface area contributed by atoms with Crippen molar-refractivity contribution in [3.63, 3.8) is 0 Å². The van der Waals surface area contributed by atoms with E-state index in [1.165, 1.54) is 5.56 Å². The van der Waals surface area contributed by atoms with Gasteiger partial charge in [-0.15, -0.1) is 0 Å². The van der Waals surface area contributed by atoms with E-state index in [1.54, 1.807) is 25.1 Å². The Morgan fingerprint density at radius 2 is 1.89 bits per heavy atom. The number of carbonyl (C=O) groups is 2. The minimum absolute atomic E-state index is 0.136. The first-order valence-electron chi connectivity index (χ1n) is 8.81. The molecule has 0 fully saturated rings. The summed E-state index contributed by atoms with van der Waals surface area (Å²) in [5, 5.41) is 2.78. The number of rotatable bonds is 7. The lowest BCUT2D eigenvalue weighted by Crippen LogP contribution is -2.21. The van der Waals surface area contributed by atoms with Crippen LogP contribution in [0.4, 0.5) is 5.69 Å². The minimum Gasteiger partial charge on any atom is -0.483 e. The van der Waals surface area contributed by atoms with Gasteiger partial charge in [-0.25, -0.2) is 4.79 Å². The maximum atomic E-state index is 12.3. The van der Waals surface area contributed by atoms with Gasteiger partial charge in [0.05, 0.1) is 16.6 Å². The number of aryl methyl sites for hydroxylation is 1. The van der Waals surface area contributed by atoms with Gasteiger partial charge < -0.3 is 14.8 Å². The number of esters is 1. The Hall–Kier alpha value is -2.34. The Kier molecular flexibility index (Phi) is 7.42. The molecule has 2 aromatic carbocycles. The third kappa shape index (κ3) is 5.82. The highest BCUT2D eigenvalue weighted by Gasteiger charge is 2.12. The van der Waals surface area contributed by atoms with Crippen molar-refractivity contribution in [1.82, 2.24) is 0 Å². The van der Waals surface area contributed by atoms with Crippen LogP contribution in [0.15, 0.2) is 40.9 Å². The van der Waals surface area contributed by atoms with Gasteiger partial charge in [0.2, 0.25) is 0 Å². The van der Waals surface area contributed by atoms with Gasteiger partial charge in [-0.1, -0.05) is 26.0 Å². The van der Waals surface area contributed by atoms with E-state index in [-0.39, 0.29) is 12.5 Å². The average Bonchev–Trinajstić information content (AvgIpc) is 2.62. The van der Waals surface area contributed by atoms with Crippen LogP contribution in [0.2, 0.25) is 0 Å². The molecule has 0 saturated heterocycles. The highest BCUT2D eigenvalue weighted by Crippen LogP contribution is 2.29. The Balaban J connectivity index is 2.02. The summed E-state index contributed by atoms with van der Waals surface area (Å²) in [6.45, 7) is 7.99. The number of halogens is 1. The van der Waals surface area contributed by atoms with Crippen molar-refractivity contribution in [1.29, 1.82) is 0 Å². The summed E-state index contributed by atoms with van der Waals surface area (Å²) in [6, 6.07) is 10.9. The number of nitrogens with one attached hydrogen (secondary N) is 1. The predicted octanol–water partition coefficient (Wildman–Crippen LogP) is 5.08. The molecule has 1 amide bonds. The molecule has 5 nitrogen and oxygen atoms in total. The van der Waals surface area contributed by atoms with E-state index in [0.29, 0.717) is 29.5 Å². The molecule has 0 aliphatic carbocycles. The number of anilines is 1. The van der Waals surface area contributed by atoms with E-state index < -0.39 is 5.97 Å². The van der Waals surface area contributed by atoms with Crippen LogP contribution in [-0.2, 0) is 9.53 Å². The zero-order valence-corrected chi connectivity index (χ0v) is 17.6. The quantitative estimate of drug-likeness (QED) is 0.618. The molecule has 6 heteroatoms. The van der Waals surface area contributed by atoms with Crippen molar-refractivity contribution in [3.8, 4) is 5.75 Å². The minimum atomic E-state index is -0.418. The highest BCUT2D eigenvalue weighted by molar-refractivity contribution is 9.10. The van der Waals surface area contributed by atoms with Gasteiger partial charge in [0.15, 0.2) is 6.61 Å². The van der Waals surface area contributed by atoms with E-state index in [4.69, 9.17) is 9.47 Å². The Labute approximate surface area is 168 Å². The van der Waals surface area contributed by atoms with Crippen LogP contribution >= 0.6 is 15.9 Å². The normalized spacial score (nSPS) is 10.6. The molecular formula is C21H24BrNO4. The van der Waals surface area contributed by atoms with Crippen LogP contribution in [0.1, 0.15) is 48.2 Å². The van der Waals surface area contributed by atoms with Crippen molar-refractivity contribution < 1.29 is 19.1 Å². The molecule has 27 heavy (non-hydrogen) atoms. The fraction of sp³-hybridized carbons (Fsp3) is 0.333. The zero-order valence-electron chi connectivity index (χ0n) is 16.0. The molecule has 1 N–H and O–H groups in total. The van der Waals surface area contributed by atoms with E-state index in [2.05, 4.69) is 35.1 Å². The van der Waals surface area contributed by atoms with Gasteiger partial charge in [0.25, 0.3) is 5.91 Å². The molecule has 0 spiro atoms. The van der Waals surface area contributed by atoms with Gasteiger partial charge in [0, 0.05) is 5.69 Å². The van der Waals surface area contributed by atoms with Gasteiger partial charge in [-0.3, -0.25) is 4.79 Å². The first-order valence-corrected chi connectivity index (χ1v) is 9.61. The number of hydrogen-bond acceptors (Lipinski definition) is 4. The van der Waals surface area contributed by atoms with Crippen LogP contribution in [0.25, 0.3) is 0 Å². The molecule has 2 aromatic rings. The largest absolute Gasteiger partial charge is 0.483 e. The lowest BCUT2D eigenvalue weighted by molar-refractivity contribution is -0.118. The number of hydrogen-bond donors (Lipinski definition) is 1. The van der Waals surface area contributed by atoms with Gasteiger partial charge in [0.1, 0.15) is 5.75 Å². The Bertz CT molecular complexity index is 833.